The predicted octanol–water partition coefficient (Wildman–Crippen LogP) is 1.03. The van der Waals surface area contributed by atoms with E-state index in [9.17, 15) is 9.59 Å². The molecule has 4 rings (SSSR count). The van der Waals surface area contributed by atoms with Gasteiger partial charge in [-0.15, -0.1) is 0 Å². The number of hydrogen-bond acceptors (Lipinski definition) is 4. The first-order valence-electron chi connectivity index (χ1n) is 9.35. The topological polar surface area (TPSA) is 72.2 Å². The minimum atomic E-state index is -0.113. The first-order valence-corrected chi connectivity index (χ1v) is 9.35. The van der Waals surface area contributed by atoms with Gasteiger partial charge in [0.2, 0.25) is 5.91 Å². The van der Waals surface area contributed by atoms with Crippen LogP contribution in [0.5, 0.6) is 0 Å². The van der Waals surface area contributed by atoms with Gasteiger partial charge < -0.3 is 5.32 Å². The van der Waals surface area contributed by atoms with Crippen LogP contribution in [0.2, 0.25) is 0 Å². The Hall–Kier alpha value is -2.41. The summed E-state index contributed by atoms with van der Waals surface area (Å²) in [7, 11) is 1.70. The van der Waals surface area contributed by atoms with Gasteiger partial charge in [-0.25, -0.2) is 14.0 Å². The Morgan fingerprint density at radius 3 is 2.50 bits per heavy atom. The van der Waals surface area contributed by atoms with Crippen LogP contribution in [-0.2, 0) is 11.8 Å². The van der Waals surface area contributed by atoms with Crippen LogP contribution in [0.15, 0.2) is 35.1 Å². The Bertz CT molecular complexity index is 829. The Kier molecular flexibility index (Phi) is 4.63. The SMILES string of the molecule is Cn1nc(C2CCN(CC(=O)NC3CC3)CC2)n(-c2ccccc2)c1=O. The molecule has 1 aliphatic carbocycles. The van der Waals surface area contributed by atoms with Crippen LogP contribution in [0, 0.1) is 0 Å². The van der Waals surface area contributed by atoms with Crippen LogP contribution in [-0.4, -0.2) is 50.8 Å². The summed E-state index contributed by atoms with van der Waals surface area (Å²) in [5.74, 6) is 1.18. The number of aromatic nitrogens is 3. The number of carbonyl (C=O) groups is 1. The number of hydrogen-bond donors (Lipinski definition) is 1. The van der Waals surface area contributed by atoms with Crippen molar-refractivity contribution in [3.05, 3.63) is 46.6 Å². The van der Waals surface area contributed by atoms with E-state index in [-0.39, 0.29) is 17.5 Å². The van der Waals surface area contributed by atoms with Gasteiger partial charge in [0, 0.05) is 19.0 Å². The van der Waals surface area contributed by atoms with Gasteiger partial charge in [0.15, 0.2) is 0 Å². The van der Waals surface area contributed by atoms with E-state index in [1.807, 2.05) is 30.3 Å². The highest BCUT2D eigenvalue weighted by Crippen LogP contribution is 2.27. The number of nitrogens with one attached hydrogen (secondary N) is 1. The zero-order valence-electron chi connectivity index (χ0n) is 15.1. The number of para-hydroxylation sites is 1. The third kappa shape index (κ3) is 3.58. The molecule has 1 N–H and O–H groups in total. The van der Waals surface area contributed by atoms with E-state index in [4.69, 9.17) is 0 Å². The molecule has 1 aliphatic heterocycles. The van der Waals surface area contributed by atoms with E-state index >= 15 is 0 Å². The van der Waals surface area contributed by atoms with Crippen LogP contribution in [0.4, 0.5) is 0 Å². The van der Waals surface area contributed by atoms with Crippen LogP contribution < -0.4 is 11.0 Å². The van der Waals surface area contributed by atoms with Gasteiger partial charge in [0.1, 0.15) is 5.82 Å². The fraction of sp³-hybridized carbons (Fsp3) is 0.526. The molecule has 2 heterocycles. The van der Waals surface area contributed by atoms with Crippen molar-refractivity contribution < 1.29 is 4.79 Å². The van der Waals surface area contributed by atoms with Crippen molar-refractivity contribution in [2.45, 2.75) is 37.6 Å². The van der Waals surface area contributed by atoms with Gasteiger partial charge in [-0.1, -0.05) is 18.2 Å². The number of rotatable bonds is 5. The van der Waals surface area contributed by atoms with E-state index in [1.165, 1.54) is 4.68 Å². The number of aryl methyl sites for hydroxylation is 1. The van der Waals surface area contributed by atoms with E-state index in [0.717, 1.165) is 50.3 Å². The van der Waals surface area contributed by atoms with Gasteiger partial charge >= 0.3 is 5.69 Å². The summed E-state index contributed by atoms with van der Waals surface area (Å²) in [5.41, 5.74) is 0.740. The Labute approximate surface area is 152 Å². The normalized spacial score (nSPS) is 18.8. The minimum absolute atomic E-state index is 0.113. The molecule has 2 fully saturated rings. The van der Waals surface area contributed by atoms with E-state index < -0.39 is 0 Å². The summed E-state index contributed by atoms with van der Waals surface area (Å²) in [6.45, 7) is 2.17. The first-order chi connectivity index (χ1) is 12.6. The number of piperidine rings is 1. The van der Waals surface area contributed by atoms with E-state index in [2.05, 4.69) is 15.3 Å². The van der Waals surface area contributed by atoms with Gasteiger partial charge in [-0.3, -0.25) is 9.69 Å². The Balaban J connectivity index is 1.45. The maximum Gasteiger partial charge on any atom is 0.350 e. The van der Waals surface area contributed by atoms with Crippen LogP contribution in [0.25, 0.3) is 5.69 Å². The van der Waals surface area contributed by atoms with Crippen LogP contribution in [0.3, 0.4) is 0 Å². The fourth-order valence-electron chi connectivity index (χ4n) is 3.62. The van der Waals surface area contributed by atoms with E-state index in [1.54, 1.807) is 11.6 Å². The zero-order chi connectivity index (χ0) is 18.1. The third-order valence-electron chi connectivity index (χ3n) is 5.23. The molecule has 1 saturated heterocycles. The summed E-state index contributed by atoms with van der Waals surface area (Å²) in [6, 6.07) is 10.1. The number of benzene rings is 1. The lowest BCUT2D eigenvalue weighted by Gasteiger charge is -2.31. The lowest BCUT2D eigenvalue weighted by molar-refractivity contribution is -0.122. The Morgan fingerprint density at radius 1 is 1.15 bits per heavy atom. The second kappa shape index (κ2) is 7.07. The number of likely N-dealkylation sites (tertiary alicyclic amines) is 1. The number of nitrogens with zero attached hydrogens (tertiary/aromatic N) is 4. The molecule has 0 atom stereocenters. The molecule has 1 saturated carbocycles. The summed E-state index contributed by atoms with van der Waals surface area (Å²) in [6.07, 6.45) is 4.04. The molecule has 26 heavy (non-hydrogen) atoms. The lowest BCUT2D eigenvalue weighted by Crippen LogP contribution is -2.42. The van der Waals surface area contributed by atoms with Crippen LogP contribution >= 0.6 is 0 Å². The second-order valence-corrected chi connectivity index (χ2v) is 7.33. The number of carbonyl (C=O) groups excluding carboxylic acids is 1. The summed E-state index contributed by atoms with van der Waals surface area (Å²) in [5, 5.41) is 7.56. The second-order valence-electron chi connectivity index (χ2n) is 7.33. The maximum atomic E-state index is 12.6. The van der Waals surface area contributed by atoms with Gasteiger partial charge in [-0.05, 0) is 50.9 Å². The molecule has 2 aliphatic rings. The largest absolute Gasteiger partial charge is 0.352 e. The fourth-order valence-corrected chi connectivity index (χ4v) is 3.62. The van der Waals surface area contributed by atoms with Crippen molar-refractivity contribution in [3.8, 4) is 5.69 Å². The summed E-state index contributed by atoms with van der Waals surface area (Å²) < 4.78 is 3.14. The average molecular weight is 355 g/mol. The smallest absolute Gasteiger partial charge is 0.350 e. The molecule has 1 aromatic carbocycles. The van der Waals surface area contributed by atoms with Crippen molar-refractivity contribution in [3.63, 3.8) is 0 Å². The quantitative estimate of drug-likeness (QED) is 0.870. The van der Waals surface area contributed by atoms with Crippen molar-refractivity contribution in [1.29, 1.82) is 0 Å². The van der Waals surface area contributed by atoms with Crippen molar-refractivity contribution >= 4 is 5.91 Å². The molecule has 2 aromatic rings. The molecule has 1 aromatic heterocycles. The highest BCUT2D eigenvalue weighted by Gasteiger charge is 2.29. The molecule has 0 bridgehead atoms. The average Bonchev–Trinajstić information content (AvgIpc) is 3.41. The zero-order valence-corrected chi connectivity index (χ0v) is 15.1. The van der Waals surface area contributed by atoms with Crippen LogP contribution in [0.1, 0.15) is 37.4 Å². The highest BCUT2D eigenvalue weighted by atomic mass is 16.2. The standard InChI is InChI=1S/C19H25N5O2/c1-22-19(26)24(16-5-3-2-4-6-16)18(21-22)14-9-11-23(12-10-14)13-17(25)20-15-7-8-15/h2-6,14-15H,7-13H2,1H3,(H,20,25). The number of amides is 1. The lowest BCUT2D eigenvalue weighted by atomic mass is 9.95. The molecule has 0 radical (unpaired) electrons. The molecule has 138 valence electrons. The first kappa shape index (κ1) is 17.0. The summed E-state index contributed by atoms with van der Waals surface area (Å²) in [4.78, 5) is 26.7. The molecule has 0 spiro atoms. The summed E-state index contributed by atoms with van der Waals surface area (Å²) >= 11 is 0. The van der Waals surface area contributed by atoms with Gasteiger partial charge in [-0.2, -0.15) is 5.10 Å². The molecule has 7 nitrogen and oxygen atoms in total. The highest BCUT2D eigenvalue weighted by molar-refractivity contribution is 5.78. The molecule has 0 unspecified atom stereocenters. The van der Waals surface area contributed by atoms with Crippen molar-refractivity contribution in [1.82, 2.24) is 24.6 Å². The third-order valence-corrected chi connectivity index (χ3v) is 5.23. The minimum Gasteiger partial charge on any atom is -0.352 e. The van der Waals surface area contributed by atoms with Crippen molar-refractivity contribution in [2.24, 2.45) is 7.05 Å². The molecular weight excluding hydrogens is 330 g/mol. The van der Waals surface area contributed by atoms with Gasteiger partial charge in [0.25, 0.3) is 0 Å². The predicted molar refractivity (Wildman–Crippen MR) is 98.4 cm³/mol. The van der Waals surface area contributed by atoms with Crippen molar-refractivity contribution in [2.75, 3.05) is 19.6 Å². The molecule has 7 heteroatoms. The monoisotopic (exact) mass is 355 g/mol. The molecular formula is C19H25N5O2. The Morgan fingerprint density at radius 2 is 1.85 bits per heavy atom. The molecule has 1 amide bonds. The van der Waals surface area contributed by atoms with Gasteiger partial charge in [0.05, 0.1) is 12.2 Å². The van der Waals surface area contributed by atoms with E-state index in [0.29, 0.717) is 12.6 Å². The maximum absolute atomic E-state index is 12.6.